The summed E-state index contributed by atoms with van der Waals surface area (Å²) in [6.07, 6.45) is 1.95. The van der Waals surface area contributed by atoms with Gasteiger partial charge in [-0.15, -0.1) is 0 Å². The van der Waals surface area contributed by atoms with Crippen LogP contribution < -0.4 is 10.6 Å². The van der Waals surface area contributed by atoms with E-state index in [1.165, 1.54) is 23.5 Å². The van der Waals surface area contributed by atoms with Gasteiger partial charge in [-0.1, -0.05) is 23.5 Å². The van der Waals surface area contributed by atoms with Crippen LogP contribution >= 0.6 is 11.3 Å². The van der Waals surface area contributed by atoms with Gasteiger partial charge < -0.3 is 15.5 Å². The van der Waals surface area contributed by atoms with Crippen molar-refractivity contribution in [1.29, 1.82) is 0 Å². The predicted molar refractivity (Wildman–Crippen MR) is 111 cm³/mol. The first-order valence-electron chi connectivity index (χ1n) is 9.72. The lowest BCUT2D eigenvalue weighted by Crippen LogP contribution is -2.51. The molecule has 2 aliphatic rings. The van der Waals surface area contributed by atoms with Crippen molar-refractivity contribution in [2.45, 2.75) is 38.3 Å². The lowest BCUT2D eigenvalue weighted by Gasteiger charge is -2.37. The molecule has 1 aromatic carbocycles. The van der Waals surface area contributed by atoms with Crippen LogP contribution in [0.3, 0.4) is 0 Å². The van der Waals surface area contributed by atoms with E-state index in [4.69, 9.17) is 5.73 Å². The van der Waals surface area contributed by atoms with Gasteiger partial charge in [-0.2, -0.15) is 0 Å². The van der Waals surface area contributed by atoms with Gasteiger partial charge >= 0.3 is 0 Å². The molecule has 1 aliphatic heterocycles. The number of nitrogens with two attached hydrogens (primary N) is 1. The molecule has 153 valence electrons. The zero-order valence-corrected chi connectivity index (χ0v) is 17.3. The van der Waals surface area contributed by atoms with Gasteiger partial charge in [0, 0.05) is 25.7 Å². The highest BCUT2D eigenvalue weighted by atomic mass is 32.1. The first kappa shape index (κ1) is 19.8. The zero-order chi connectivity index (χ0) is 20.9. The molecule has 2 fully saturated rings. The van der Waals surface area contributed by atoms with E-state index in [0.717, 1.165) is 18.5 Å². The number of nitrogens with zero attached hydrogens (tertiary/aromatic N) is 3. The normalized spacial score (nSPS) is 25.4. The molecule has 1 saturated heterocycles. The highest BCUT2D eigenvalue weighted by Crippen LogP contribution is 2.52. The molecule has 2 bridgehead atoms. The van der Waals surface area contributed by atoms with Crippen molar-refractivity contribution in [3.05, 3.63) is 42.7 Å². The van der Waals surface area contributed by atoms with E-state index in [1.54, 1.807) is 17.0 Å². The molecule has 0 spiro atoms. The Balaban J connectivity index is 1.76. The first-order chi connectivity index (χ1) is 13.8. The number of amides is 2. The minimum atomic E-state index is -0.755. The van der Waals surface area contributed by atoms with E-state index in [2.05, 4.69) is 11.9 Å². The van der Waals surface area contributed by atoms with Crippen molar-refractivity contribution in [2.75, 3.05) is 18.5 Å². The fraction of sp³-hybridized carbons (Fsp3) is 0.429. The number of hydrogen-bond donors (Lipinski definition) is 1. The summed E-state index contributed by atoms with van der Waals surface area (Å²) in [5.74, 6) is -0.974. The molecule has 2 amide bonds. The summed E-state index contributed by atoms with van der Waals surface area (Å²) in [6.45, 7) is 6.87. The Bertz CT molecular complexity index is 960. The third-order valence-electron chi connectivity index (χ3n) is 6.34. The SMILES string of the molecule is [CH2][C@H]1N(C(=O)c2nc(N(C)CC)sc2-c2ccc(F)cc2)[C@H]2CC[C@@]1(C(N)=O)C2. The lowest BCUT2D eigenvalue weighted by atomic mass is 9.80. The van der Waals surface area contributed by atoms with Crippen LogP contribution in [0.2, 0.25) is 0 Å². The molecule has 8 heteroatoms. The van der Waals surface area contributed by atoms with Crippen molar-refractivity contribution >= 4 is 28.3 Å². The van der Waals surface area contributed by atoms with Gasteiger partial charge in [-0.3, -0.25) is 9.59 Å². The molecule has 2 N–H and O–H groups in total. The number of piperidine rings is 1. The monoisotopic (exact) mass is 415 g/mol. The van der Waals surface area contributed by atoms with Crippen LogP contribution in [-0.2, 0) is 4.79 Å². The number of anilines is 1. The fourth-order valence-electron chi connectivity index (χ4n) is 4.48. The second kappa shape index (κ2) is 7.09. The standard InChI is InChI=1S/C21H24FN4O2S/c1-4-25(3)20-24-16(17(29-20)13-5-7-14(22)8-6-13)18(27)26-12(2)21(19(23)28)10-9-15(26)11-21/h5-8,12,15H,2,4,9-11H2,1,3H3,(H2,23,28)/t12-,15+,21-/m1/s1. The molecule has 0 unspecified atom stereocenters. The molecule has 6 nitrogen and oxygen atoms in total. The second-order valence-corrected chi connectivity index (χ2v) is 8.82. The Hall–Kier alpha value is -2.48. The highest BCUT2D eigenvalue weighted by molar-refractivity contribution is 7.19. The maximum Gasteiger partial charge on any atom is 0.274 e. The van der Waals surface area contributed by atoms with E-state index in [0.29, 0.717) is 28.5 Å². The lowest BCUT2D eigenvalue weighted by molar-refractivity contribution is -0.128. The van der Waals surface area contributed by atoms with Crippen molar-refractivity contribution in [3.63, 3.8) is 0 Å². The van der Waals surface area contributed by atoms with E-state index < -0.39 is 17.4 Å². The highest BCUT2D eigenvalue weighted by Gasteiger charge is 2.60. The average molecular weight is 416 g/mol. The number of fused-ring (bicyclic) bond motifs is 2. The summed E-state index contributed by atoms with van der Waals surface area (Å²) in [5.41, 5.74) is 5.98. The summed E-state index contributed by atoms with van der Waals surface area (Å²) in [7, 11) is 1.91. The minimum absolute atomic E-state index is 0.0624. The van der Waals surface area contributed by atoms with E-state index in [1.807, 2.05) is 18.9 Å². The molecule has 4 rings (SSSR count). The van der Waals surface area contributed by atoms with Crippen LogP contribution in [-0.4, -0.2) is 47.4 Å². The number of rotatable bonds is 5. The van der Waals surface area contributed by atoms with Gasteiger partial charge in [0.05, 0.1) is 10.3 Å². The largest absolute Gasteiger partial charge is 0.369 e. The summed E-state index contributed by atoms with van der Waals surface area (Å²) in [5, 5.41) is 0.713. The molecule has 1 radical (unpaired) electrons. The van der Waals surface area contributed by atoms with Crippen molar-refractivity contribution < 1.29 is 14.0 Å². The van der Waals surface area contributed by atoms with Gasteiger partial charge in [-0.05, 0) is 50.8 Å². The molecular formula is C21H24FN4O2S. The number of halogens is 1. The summed E-state index contributed by atoms with van der Waals surface area (Å²) < 4.78 is 13.4. The number of benzene rings is 1. The van der Waals surface area contributed by atoms with Crippen LogP contribution in [0.5, 0.6) is 0 Å². The van der Waals surface area contributed by atoms with Crippen molar-refractivity contribution in [1.82, 2.24) is 9.88 Å². The van der Waals surface area contributed by atoms with E-state index in [-0.39, 0.29) is 17.8 Å². The number of primary amides is 1. The van der Waals surface area contributed by atoms with Gasteiger partial charge in [0.15, 0.2) is 5.13 Å². The molecule has 29 heavy (non-hydrogen) atoms. The summed E-state index contributed by atoms with van der Waals surface area (Å²) in [4.78, 5) is 34.7. The minimum Gasteiger partial charge on any atom is -0.369 e. The topological polar surface area (TPSA) is 79.5 Å². The maximum atomic E-state index is 13.6. The number of thiazole rings is 1. The molecule has 1 aromatic heterocycles. The number of carbonyl (C=O) groups excluding carboxylic acids is 2. The Kier molecular flexibility index (Phi) is 4.85. The molecule has 1 saturated carbocycles. The quantitative estimate of drug-likeness (QED) is 0.814. The molecule has 2 aromatic rings. The maximum absolute atomic E-state index is 13.6. The van der Waals surface area contributed by atoms with Gasteiger partial charge in [0.2, 0.25) is 5.91 Å². The van der Waals surface area contributed by atoms with Gasteiger partial charge in [-0.25, -0.2) is 9.37 Å². The first-order valence-corrected chi connectivity index (χ1v) is 10.5. The summed E-state index contributed by atoms with van der Waals surface area (Å²) in [6, 6.07) is 5.47. The number of aromatic nitrogens is 1. The van der Waals surface area contributed by atoms with E-state index >= 15 is 0 Å². The van der Waals surface area contributed by atoms with Gasteiger partial charge in [0.25, 0.3) is 5.91 Å². The Morgan fingerprint density at radius 1 is 1.41 bits per heavy atom. The van der Waals surface area contributed by atoms with Crippen LogP contribution in [0.25, 0.3) is 10.4 Å². The smallest absolute Gasteiger partial charge is 0.274 e. The van der Waals surface area contributed by atoms with Crippen molar-refractivity contribution in [3.8, 4) is 10.4 Å². The van der Waals surface area contributed by atoms with Crippen LogP contribution in [0.1, 0.15) is 36.7 Å². The van der Waals surface area contributed by atoms with Crippen LogP contribution in [0, 0.1) is 18.2 Å². The number of hydrogen-bond acceptors (Lipinski definition) is 5. The Labute approximate surface area is 173 Å². The van der Waals surface area contributed by atoms with Crippen molar-refractivity contribution in [2.24, 2.45) is 11.1 Å². The molecule has 2 heterocycles. The Morgan fingerprint density at radius 3 is 2.69 bits per heavy atom. The fourth-order valence-corrected chi connectivity index (χ4v) is 5.56. The average Bonchev–Trinajstić information content (AvgIpc) is 3.40. The molecular weight excluding hydrogens is 391 g/mol. The number of carbonyl (C=O) groups is 2. The summed E-state index contributed by atoms with van der Waals surface area (Å²) >= 11 is 1.40. The van der Waals surface area contributed by atoms with E-state index in [9.17, 15) is 14.0 Å². The number of likely N-dealkylation sites (tertiary alicyclic amines) is 1. The van der Waals surface area contributed by atoms with Crippen LogP contribution in [0.15, 0.2) is 24.3 Å². The van der Waals surface area contributed by atoms with Crippen LogP contribution in [0.4, 0.5) is 9.52 Å². The third kappa shape index (κ3) is 3.01. The second-order valence-electron chi connectivity index (χ2n) is 7.84. The third-order valence-corrected chi connectivity index (χ3v) is 7.56. The molecule has 3 atom stereocenters. The zero-order valence-electron chi connectivity index (χ0n) is 16.5. The Morgan fingerprint density at radius 2 is 2.10 bits per heavy atom. The molecule has 1 aliphatic carbocycles. The predicted octanol–water partition coefficient (Wildman–Crippen LogP) is 3.09. The van der Waals surface area contributed by atoms with Gasteiger partial charge in [0.1, 0.15) is 11.5 Å².